The summed E-state index contributed by atoms with van der Waals surface area (Å²) < 4.78 is 24.7. The fourth-order valence-corrected chi connectivity index (χ4v) is 4.10. The number of halogens is 1. The number of carbonyl (C=O) groups is 1. The van der Waals surface area contributed by atoms with Crippen molar-refractivity contribution in [2.75, 3.05) is 50.6 Å². The molecule has 0 aliphatic carbocycles. The number of pyridine rings is 1. The molecule has 1 aliphatic heterocycles. The number of nitrogens with zero attached hydrogens (tertiary/aromatic N) is 3. The van der Waals surface area contributed by atoms with Crippen molar-refractivity contribution in [2.24, 2.45) is 0 Å². The van der Waals surface area contributed by atoms with Gasteiger partial charge in [-0.2, -0.15) is 0 Å². The number of anilines is 2. The molecule has 1 amide bonds. The molecule has 1 aliphatic rings. The number of methoxy groups -OCH3 is 2. The molecule has 2 aromatic carbocycles. The Morgan fingerprint density at radius 1 is 1.03 bits per heavy atom. The van der Waals surface area contributed by atoms with Gasteiger partial charge in [0.1, 0.15) is 23.1 Å². The standard InChI is InChI=1S/C26H29FN4O3/c1-33-21-9-10-24(34-2)19(16-21)18-30-12-5-13-31(15-14-30)25-11-8-20(17-28-25)29-26(32)22-6-3-4-7-23(22)27/h3-4,6-11,16-17H,5,12-15,18H2,1-2H3,(H,29,32). The van der Waals surface area contributed by atoms with Crippen molar-refractivity contribution in [3.63, 3.8) is 0 Å². The molecule has 178 valence electrons. The van der Waals surface area contributed by atoms with Crippen LogP contribution in [0.2, 0.25) is 0 Å². The van der Waals surface area contributed by atoms with Gasteiger partial charge in [0.15, 0.2) is 0 Å². The van der Waals surface area contributed by atoms with E-state index < -0.39 is 11.7 Å². The van der Waals surface area contributed by atoms with Crippen LogP contribution in [0.5, 0.6) is 11.5 Å². The van der Waals surface area contributed by atoms with Crippen LogP contribution in [0, 0.1) is 5.82 Å². The fourth-order valence-electron chi connectivity index (χ4n) is 4.10. The maximum absolute atomic E-state index is 13.8. The molecule has 0 saturated carbocycles. The van der Waals surface area contributed by atoms with Gasteiger partial charge in [0.2, 0.25) is 0 Å². The third kappa shape index (κ3) is 5.63. The minimum absolute atomic E-state index is 0.00634. The van der Waals surface area contributed by atoms with E-state index >= 15 is 0 Å². The van der Waals surface area contributed by atoms with E-state index in [1.54, 1.807) is 38.6 Å². The third-order valence-electron chi connectivity index (χ3n) is 5.92. The average Bonchev–Trinajstić information content (AvgIpc) is 3.10. The van der Waals surface area contributed by atoms with E-state index in [9.17, 15) is 9.18 Å². The Labute approximate surface area is 199 Å². The van der Waals surface area contributed by atoms with Crippen molar-refractivity contribution in [2.45, 2.75) is 13.0 Å². The highest BCUT2D eigenvalue weighted by Crippen LogP contribution is 2.26. The maximum Gasteiger partial charge on any atom is 0.258 e. The Morgan fingerprint density at radius 2 is 1.88 bits per heavy atom. The van der Waals surface area contributed by atoms with E-state index in [0.29, 0.717) is 5.69 Å². The third-order valence-corrected chi connectivity index (χ3v) is 5.92. The molecule has 8 heteroatoms. The zero-order chi connectivity index (χ0) is 23.9. The topological polar surface area (TPSA) is 66.9 Å². The van der Waals surface area contributed by atoms with Gasteiger partial charge in [-0.15, -0.1) is 0 Å². The molecular weight excluding hydrogens is 435 g/mol. The van der Waals surface area contributed by atoms with Gasteiger partial charge in [-0.25, -0.2) is 9.37 Å². The van der Waals surface area contributed by atoms with Gasteiger partial charge in [0.05, 0.1) is 31.7 Å². The number of rotatable bonds is 7. The Hall–Kier alpha value is -3.65. The van der Waals surface area contributed by atoms with Crippen LogP contribution in [0.15, 0.2) is 60.8 Å². The molecular formula is C26H29FN4O3. The van der Waals surface area contributed by atoms with Gasteiger partial charge in [-0.3, -0.25) is 9.69 Å². The zero-order valence-electron chi connectivity index (χ0n) is 19.5. The van der Waals surface area contributed by atoms with Crippen LogP contribution in [-0.2, 0) is 6.54 Å². The number of ether oxygens (including phenoxy) is 2. The summed E-state index contributed by atoms with van der Waals surface area (Å²) in [5.41, 5.74) is 1.63. The molecule has 0 bridgehead atoms. The van der Waals surface area contributed by atoms with E-state index in [-0.39, 0.29) is 5.56 Å². The van der Waals surface area contributed by atoms with Gasteiger partial charge < -0.3 is 19.7 Å². The molecule has 7 nitrogen and oxygen atoms in total. The second-order valence-corrected chi connectivity index (χ2v) is 8.13. The van der Waals surface area contributed by atoms with Crippen molar-refractivity contribution in [1.82, 2.24) is 9.88 Å². The monoisotopic (exact) mass is 464 g/mol. The number of hydrogen-bond donors (Lipinski definition) is 1. The molecule has 0 spiro atoms. The van der Waals surface area contributed by atoms with Crippen LogP contribution in [0.4, 0.5) is 15.9 Å². The number of carbonyl (C=O) groups excluding carboxylic acids is 1. The summed E-state index contributed by atoms with van der Waals surface area (Å²) >= 11 is 0. The van der Waals surface area contributed by atoms with Crippen LogP contribution in [0.1, 0.15) is 22.3 Å². The SMILES string of the molecule is COc1ccc(OC)c(CN2CCCN(c3ccc(NC(=O)c4ccccc4F)cn3)CC2)c1. The van der Waals surface area contributed by atoms with Crippen molar-refractivity contribution in [1.29, 1.82) is 0 Å². The zero-order valence-corrected chi connectivity index (χ0v) is 19.5. The number of amides is 1. The van der Waals surface area contributed by atoms with Crippen LogP contribution in [0.25, 0.3) is 0 Å². The quantitative estimate of drug-likeness (QED) is 0.565. The second-order valence-electron chi connectivity index (χ2n) is 8.13. The molecule has 1 saturated heterocycles. The lowest BCUT2D eigenvalue weighted by molar-refractivity contribution is 0.102. The lowest BCUT2D eigenvalue weighted by atomic mass is 10.1. The summed E-state index contributed by atoms with van der Waals surface area (Å²) in [6.45, 7) is 4.35. The van der Waals surface area contributed by atoms with Crippen LogP contribution < -0.4 is 19.7 Å². The number of nitrogens with one attached hydrogen (secondary N) is 1. The van der Waals surface area contributed by atoms with Crippen LogP contribution in [0.3, 0.4) is 0 Å². The Morgan fingerprint density at radius 3 is 2.62 bits per heavy atom. The normalized spacial score (nSPS) is 14.4. The number of aromatic nitrogens is 1. The van der Waals surface area contributed by atoms with E-state index in [2.05, 4.69) is 20.1 Å². The van der Waals surface area contributed by atoms with E-state index in [4.69, 9.17) is 9.47 Å². The van der Waals surface area contributed by atoms with E-state index in [0.717, 1.165) is 62.0 Å². The summed E-state index contributed by atoms with van der Waals surface area (Å²) in [6.07, 6.45) is 2.61. The largest absolute Gasteiger partial charge is 0.497 e. The van der Waals surface area contributed by atoms with Crippen molar-refractivity contribution < 1.29 is 18.7 Å². The fraction of sp³-hybridized carbons (Fsp3) is 0.308. The van der Waals surface area contributed by atoms with Crippen molar-refractivity contribution >= 4 is 17.4 Å². The van der Waals surface area contributed by atoms with Crippen molar-refractivity contribution in [3.05, 3.63) is 77.7 Å². The molecule has 2 heterocycles. The predicted molar refractivity (Wildman–Crippen MR) is 130 cm³/mol. The van der Waals surface area contributed by atoms with Gasteiger partial charge >= 0.3 is 0 Å². The maximum atomic E-state index is 13.8. The molecule has 0 radical (unpaired) electrons. The summed E-state index contributed by atoms with van der Waals surface area (Å²) in [4.78, 5) is 21.5. The Balaban J connectivity index is 1.36. The molecule has 0 atom stereocenters. The first-order valence-corrected chi connectivity index (χ1v) is 11.3. The van der Waals surface area contributed by atoms with Gasteiger partial charge in [-0.1, -0.05) is 12.1 Å². The number of hydrogen-bond acceptors (Lipinski definition) is 6. The second kappa shape index (κ2) is 11.0. The molecule has 1 fully saturated rings. The van der Waals surface area contributed by atoms with Crippen molar-refractivity contribution in [3.8, 4) is 11.5 Å². The summed E-state index contributed by atoms with van der Waals surface area (Å²) in [5.74, 6) is 1.48. The van der Waals surface area contributed by atoms with E-state index in [1.807, 2.05) is 24.3 Å². The molecule has 1 aromatic heterocycles. The van der Waals surface area contributed by atoms with Gasteiger partial charge in [0, 0.05) is 38.3 Å². The summed E-state index contributed by atoms with van der Waals surface area (Å²) in [7, 11) is 3.35. The molecule has 34 heavy (non-hydrogen) atoms. The predicted octanol–water partition coefficient (Wildman–Crippen LogP) is 4.20. The van der Waals surface area contributed by atoms with Crippen LogP contribution >= 0.6 is 0 Å². The van der Waals surface area contributed by atoms with E-state index in [1.165, 1.54) is 12.1 Å². The van der Waals surface area contributed by atoms with Gasteiger partial charge in [-0.05, 0) is 48.9 Å². The first kappa shape index (κ1) is 23.5. The van der Waals surface area contributed by atoms with Gasteiger partial charge in [0.25, 0.3) is 5.91 Å². The highest BCUT2D eigenvalue weighted by atomic mass is 19.1. The Kier molecular flexibility index (Phi) is 7.59. The lowest BCUT2D eigenvalue weighted by Crippen LogP contribution is -2.31. The highest BCUT2D eigenvalue weighted by Gasteiger charge is 2.18. The average molecular weight is 465 g/mol. The minimum atomic E-state index is -0.551. The number of benzene rings is 2. The highest BCUT2D eigenvalue weighted by molar-refractivity contribution is 6.04. The Bertz CT molecular complexity index is 1120. The smallest absolute Gasteiger partial charge is 0.258 e. The van der Waals surface area contributed by atoms with Crippen LogP contribution in [-0.4, -0.2) is 56.2 Å². The minimum Gasteiger partial charge on any atom is -0.497 e. The first-order valence-electron chi connectivity index (χ1n) is 11.3. The molecule has 4 rings (SSSR count). The summed E-state index contributed by atoms with van der Waals surface area (Å²) in [5, 5.41) is 2.71. The first-order chi connectivity index (χ1) is 16.6. The molecule has 3 aromatic rings. The molecule has 1 N–H and O–H groups in total. The lowest BCUT2D eigenvalue weighted by Gasteiger charge is -2.23. The summed E-state index contributed by atoms with van der Waals surface area (Å²) in [6, 6.07) is 15.5. The molecule has 0 unspecified atom stereocenters.